The van der Waals surface area contributed by atoms with E-state index in [0.717, 1.165) is 12.1 Å². The van der Waals surface area contributed by atoms with Crippen LogP contribution < -0.4 is 10.6 Å². The first-order chi connectivity index (χ1) is 10.9. The third kappa shape index (κ3) is 4.35. The smallest absolute Gasteiger partial charge is 0.242 e. The number of amides is 1. The van der Waals surface area contributed by atoms with Crippen LogP contribution in [-0.2, 0) is 4.79 Å². The van der Waals surface area contributed by atoms with Gasteiger partial charge in [0, 0.05) is 12.1 Å². The van der Waals surface area contributed by atoms with Gasteiger partial charge in [0.25, 0.3) is 0 Å². The van der Waals surface area contributed by atoms with Crippen molar-refractivity contribution in [3.05, 3.63) is 47.2 Å². The van der Waals surface area contributed by atoms with Gasteiger partial charge >= 0.3 is 0 Å². The topological polar surface area (TPSA) is 67.2 Å². The first-order valence-corrected chi connectivity index (χ1v) is 7.36. The second-order valence-corrected chi connectivity index (χ2v) is 5.33. The summed E-state index contributed by atoms with van der Waals surface area (Å²) in [5, 5.41) is 9.45. The van der Waals surface area contributed by atoms with Crippen molar-refractivity contribution in [3.63, 3.8) is 0 Å². The Bertz CT molecular complexity index is 688. The lowest BCUT2D eigenvalue weighted by atomic mass is 10.1. The molecule has 2 rings (SSSR count). The lowest BCUT2D eigenvalue weighted by Gasteiger charge is -2.21. The van der Waals surface area contributed by atoms with Crippen LogP contribution in [-0.4, -0.2) is 17.1 Å². The van der Waals surface area contributed by atoms with E-state index in [1.807, 2.05) is 6.92 Å². The van der Waals surface area contributed by atoms with Crippen molar-refractivity contribution >= 4 is 11.7 Å². The Labute approximate surface area is 133 Å². The Hall–Kier alpha value is -2.28. The summed E-state index contributed by atoms with van der Waals surface area (Å²) in [6, 6.07) is 4.47. The Kier molecular flexibility index (Phi) is 5.44. The molecule has 0 bridgehead atoms. The van der Waals surface area contributed by atoms with Crippen LogP contribution in [0.3, 0.4) is 0 Å². The molecular formula is C16H19F2N3O2. The van der Waals surface area contributed by atoms with Crippen LogP contribution in [0.25, 0.3) is 0 Å². The summed E-state index contributed by atoms with van der Waals surface area (Å²) in [7, 11) is 0. The molecule has 0 saturated heterocycles. The first-order valence-electron chi connectivity index (χ1n) is 7.36. The van der Waals surface area contributed by atoms with E-state index >= 15 is 0 Å². The number of rotatable bonds is 6. The highest BCUT2D eigenvalue weighted by atomic mass is 19.2. The molecule has 1 aromatic heterocycles. The number of carbonyl (C=O) groups excluding carboxylic acids is 1. The number of aromatic nitrogens is 1. The van der Waals surface area contributed by atoms with Crippen molar-refractivity contribution in [1.82, 2.24) is 10.5 Å². The van der Waals surface area contributed by atoms with Gasteiger partial charge in [-0.3, -0.25) is 10.1 Å². The number of carbonyl (C=O) groups is 1. The zero-order chi connectivity index (χ0) is 17.0. The molecule has 124 valence electrons. The fraction of sp³-hybridized carbons (Fsp3) is 0.375. The van der Waals surface area contributed by atoms with Gasteiger partial charge in [0.05, 0.1) is 6.04 Å². The molecule has 1 amide bonds. The molecule has 0 aliphatic rings. The zero-order valence-electron chi connectivity index (χ0n) is 13.2. The molecule has 7 heteroatoms. The highest BCUT2D eigenvalue weighted by Gasteiger charge is 2.21. The number of hydrogen-bond acceptors (Lipinski definition) is 4. The van der Waals surface area contributed by atoms with E-state index in [4.69, 9.17) is 4.52 Å². The second kappa shape index (κ2) is 7.32. The predicted octanol–water partition coefficient (Wildman–Crippen LogP) is 3.33. The van der Waals surface area contributed by atoms with E-state index in [9.17, 15) is 13.6 Å². The van der Waals surface area contributed by atoms with Crippen molar-refractivity contribution < 1.29 is 18.1 Å². The molecule has 1 heterocycles. The van der Waals surface area contributed by atoms with Crippen LogP contribution >= 0.6 is 0 Å². The summed E-state index contributed by atoms with van der Waals surface area (Å²) in [6.45, 7) is 5.36. The average molecular weight is 323 g/mol. The minimum atomic E-state index is -0.910. The van der Waals surface area contributed by atoms with Crippen LogP contribution in [0.5, 0.6) is 0 Å². The van der Waals surface area contributed by atoms with E-state index in [-0.39, 0.29) is 11.9 Å². The minimum absolute atomic E-state index is 0.268. The van der Waals surface area contributed by atoms with Gasteiger partial charge in [-0.2, -0.15) is 0 Å². The molecule has 1 aromatic carbocycles. The van der Waals surface area contributed by atoms with Crippen molar-refractivity contribution in [2.75, 3.05) is 5.32 Å². The van der Waals surface area contributed by atoms with Gasteiger partial charge in [0.1, 0.15) is 5.76 Å². The number of nitrogens with one attached hydrogen (secondary N) is 2. The molecule has 0 fully saturated rings. The van der Waals surface area contributed by atoms with Gasteiger partial charge in [0.15, 0.2) is 17.5 Å². The zero-order valence-corrected chi connectivity index (χ0v) is 13.2. The summed E-state index contributed by atoms with van der Waals surface area (Å²) in [6.07, 6.45) is 0.524. The van der Waals surface area contributed by atoms with Gasteiger partial charge < -0.3 is 9.84 Å². The van der Waals surface area contributed by atoms with Gasteiger partial charge in [-0.25, -0.2) is 8.78 Å². The predicted molar refractivity (Wildman–Crippen MR) is 81.9 cm³/mol. The lowest BCUT2D eigenvalue weighted by Crippen LogP contribution is -2.41. The standard InChI is InChI=1S/C16H19F2N3O2/c1-4-14(16(22)20-15-7-9(2)23-21-15)19-10(3)11-5-6-12(17)13(18)8-11/h5-8,10,14,19H,4H2,1-3H3,(H,20,21,22). The molecule has 0 spiro atoms. The molecule has 2 atom stereocenters. The Morgan fingerprint density at radius 2 is 2.04 bits per heavy atom. The van der Waals surface area contributed by atoms with Crippen LogP contribution in [0.4, 0.5) is 14.6 Å². The molecule has 5 nitrogen and oxygen atoms in total. The number of nitrogens with zero attached hydrogens (tertiary/aromatic N) is 1. The molecule has 0 aliphatic carbocycles. The average Bonchev–Trinajstić information content (AvgIpc) is 2.92. The third-order valence-corrected chi connectivity index (χ3v) is 3.50. The number of aryl methyl sites for hydroxylation is 1. The fourth-order valence-electron chi connectivity index (χ4n) is 2.20. The van der Waals surface area contributed by atoms with Gasteiger partial charge in [0.2, 0.25) is 5.91 Å². The summed E-state index contributed by atoms with van der Waals surface area (Å²) in [5.74, 6) is -1.14. The SMILES string of the molecule is CCC(NC(C)c1ccc(F)c(F)c1)C(=O)Nc1cc(C)on1. The molecule has 23 heavy (non-hydrogen) atoms. The fourth-order valence-corrected chi connectivity index (χ4v) is 2.20. The maximum atomic E-state index is 13.3. The quantitative estimate of drug-likeness (QED) is 0.856. The van der Waals surface area contributed by atoms with E-state index in [0.29, 0.717) is 23.6 Å². The third-order valence-electron chi connectivity index (χ3n) is 3.50. The Morgan fingerprint density at radius 3 is 2.61 bits per heavy atom. The molecule has 0 radical (unpaired) electrons. The highest BCUT2D eigenvalue weighted by molar-refractivity contribution is 5.94. The van der Waals surface area contributed by atoms with Crippen LogP contribution in [0.1, 0.15) is 37.6 Å². The van der Waals surface area contributed by atoms with Crippen molar-refractivity contribution in [3.8, 4) is 0 Å². The Morgan fingerprint density at radius 1 is 1.30 bits per heavy atom. The van der Waals surface area contributed by atoms with E-state index in [1.165, 1.54) is 6.07 Å². The highest BCUT2D eigenvalue weighted by Crippen LogP contribution is 2.17. The summed E-state index contributed by atoms with van der Waals surface area (Å²) in [5.41, 5.74) is 0.562. The molecule has 2 unspecified atom stereocenters. The van der Waals surface area contributed by atoms with Crippen LogP contribution in [0.2, 0.25) is 0 Å². The number of benzene rings is 1. The molecule has 0 aliphatic heterocycles. The first kappa shape index (κ1) is 17.1. The molecule has 2 aromatic rings. The molecule has 2 N–H and O–H groups in total. The van der Waals surface area contributed by atoms with Crippen LogP contribution in [0.15, 0.2) is 28.8 Å². The van der Waals surface area contributed by atoms with Gasteiger partial charge in [-0.1, -0.05) is 18.1 Å². The number of halogens is 2. The van der Waals surface area contributed by atoms with Gasteiger partial charge in [-0.05, 0) is 38.0 Å². The van der Waals surface area contributed by atoms with E-state index < -0.39 is 17.7 Å². The van der Waals surface area contributed by atoms with Crippen molar-refractivity contribution in [2.24, 2.45) is 0 Å². The monoisotopic (exact) mass is 323 g/mol. The summed E-state index contributed by atoms with van der Waals surface area (Å²) < 4.78 is 31.2. The Balaban J connectivity index is 2.02. The normalized spacial score (nSPS) is 13.6. The maximum Gasteiger partial charge on any atom is 0.242 e. The summed E-state index contributed by atoms with van der Waals surface area (Å²) >= 11 is 0. The van der Waals surface area contributed by atoms with Crippen molar-refractivity contribution in [2.45, 2.75) is 39.3 Å². The van der Waals surface area contributed by atoms with E-state index in [1.54, 1.807) is 19.9 Å². The largest absolute Gasteiger partial charge is 0.360 e. The summed E-state index contributed by atoms with van der Waals surface area (Å²) in [4.78, 5) is 12.3. The van der Waals surface area contributed by atoms with Gasteiger partial charge in [-0.15, -0.1) is 0 Å². The number of anilines is 1. The minimum Gasteiger partial charge on any atom is -0.360 e. The molecular weight excluding hydrogens is 304 g/mol. The maximum absolute atomic E-state index is 13.3. The van der Waals surface area contributed by atoms with Crippen LogP contribution in [0, 0.1) is 18.6 Å². The number of hydrogen-bond donors (Lipinski definition) is 2. The van der Waals surface area contributed by atoms with Crippen molar-refractivity contribution in [1.29, 1.82) is 0 Å². The molecule has 0 saturated carbocycles. The van der Waals surface area contributed by atoms with E-state index in [2.05, 4.69) is 15.8 Å². The lowest BCUT2D eigenvalue weighted by molar-refractivity contribution is -0.118. The second-order valence-electron chi connectivity index (χ2n) is 5.33.